The fraction of sp³-hybridized carbons (Fsp3) is 0.462. The highest BCUT2D eigenvalue weighted by Crippen LogP contribution is 2.27. The topological polar surface area (TPSA) is 108 Å². The number of hydrogen-bond donors (Lipinski definition) is 3. The number of aliphatic hydroxyl groups excluding tert-OH is 1. The van der Waals surface area contributed by atoms with Gasteiger partial charge in [-0.05, 0) is 46.8 Å². The van der Waals surface area contributed by atoms with Crippen molar-refractivity contribution in [1.29, 1.82) is 0 Å². The quantitative estimate of drug-likeness (QED) is 0.666. The van der Waals surface area contributed by atoms with Crippen LogP contribution in [-0.4, -0.2) is 45.0 Å². The van der Waals surface area contributed by atoms with Crippen molar-refractivity contribution in [3.05, 3.63) is 16.7 Å². The summed E-state index contributed by atoms with van der Waals surface area (Å²) in [5, 5.41) is 19.4. The summed E-state index contributed by atoms with van der Waals surface area (Å²) in [6, 6.07) is 4.14. The molecule has 1 saturated carbocycles. The second-order valence-corrected chi connectivity index (χ2v) is 5.96. The summed E-state index contributed by atoms with van der Waals surface area (Å²) >= 11 is 3.29. The zero-order chi connectivity index (χ0) is 17.9. The monoisotopic (exact) mass is 411 g/mol. The maximum Gasteiger partial charge on any atom is 0.490 e. The van der Waals surface area contributed by atoms with Gasteiger partial charge in [0.05, 0.1) is 6.10 Å². The predicted octanol–water partition coefficient (Wildman–Crippen LogP) is 2.80. The Morgan fingerprint density at radius 2 is 2.00 bits per heavy atom. The number of aliphatic hydroxyl groups is 1. The molecular weight excluding hydrogens is 399 g/mol. The van der Waals surface area contributed by atoms with Crippen LogP contribution < -0.4 is 5.32 Å². The lowest BCUT2D eigenvalue weighted by molar-refractivity contribution is -0.192. The van der Waals surface area contributed by atoms with Gasteiger partial charge in [-0.2, -0.15) is 18.2 Å². The molecular formula is C13H13BrF3N3O4. The number of pyridine rings is 1. The fourth-order valence-electron chi connectivity index (χ4n) is 1.97. The SMILES string of the molecule is O=C(O)C(F)(F)F.OC1CC(CNc2nc3nc(Br)ccc3o2)C1. The number of carbonyl (C=O) groups is 1. The molecule has 3 rings (SSSR count). The smallest absolute Gasteiger partial charge is 0.475 e. The summed E-state index contributed by atoms with van der Waals surface area (Å²) in [5.41, 5.74) is 1.26. The summed E-state index contributed by atoms with van der Waals surface area (Å²) in [5.74, 6) is -2.24. The van der Waals surface area contributed by atoms with Crippen molar-refractivity contribution in [2.75, 3.05) is 11.9 Å². The number of aromatic nitrogens is 2. The van der Waals surface area contributed by atoms with Crippen LogP contribution in [0.25, 0.3) is 11.2 Å². The third-order valence-electron chi connectivity index (χ3n) is 3.21. The van der Waals surface area contributed by atoms with Crippen LogP contribution in [0.1, 0.15) is 12.8 Å². The van der Waals surface area contributed by atoms with Gasteiger partial charge in [-0.15, -0.1) is 0 Å². The Morgan fingerprint density at radius 3 is 2.54 bits per heavy atom. The van der Waals surface area contributed by atoms with Gasteiger partial charge in [0, 0.05) is 6.54 Å². The van der Waals surface area contributed by atoms with Gasteiger partial charge in [0.2, 0.25) is 5.65 Å². The Balaban J connectivity index is 0.000000256. The number of oxazole rings is 1. The van der Waals surface area contributed by atoms with Crippen LogP contribution in [0.5, 0.6) is 0 Å². The molecule has 0 amide bonds. The molecule has 11 heteroatoms. The highest BCUT2D eigenvalue weighted by atomic mass is 79.9. The Morgan fingerprint density at radius 1 is 1.38 bits per heavy atom. The lowest BCUT2D eigenvalue weighted by atomic mass is 9.82. The van der Waals surface area contributed by atoms with E-state index in [2.05, 4.69) is 31.2 Å². The number of alkyl halides is 3. The molecule has 132 valence electrons. The van der Waals surface area contributed by atoms with Crippen LogP contribution in [0.2, 0.25) is 0 Å². The van der Waals surface area contributed by atoms with E-state index in [0.717, 1.165) is 24.0 Å². The zero-order valence-corrected chi connectivity index (χ0v) is 13.6. The van der Waals surface area contributed by atoms with E-state index in [1.807, 2.05) is 12.1 Å². The van der Waals surface area contributed by atoms with Gasteiger partial charge in [0.25, 0.3) is 6.01 Å². The normalized spacial score (nSPS) is 20.0. The van der Waals surface area contributed by atoms with Gasteiger partial charge in [0.15, 0.2) is 5.58 Å². The molecule has 2 aromatic rings. The average Bonchev–Trinajstić information content (AvgIpc) is 2.83. The van der Waals surface area contributed by atoms with Crippen LogP contribution in [0.15, 0.2) is 21.2 Å². The van der Waals surface area contributed by atoms with Gasteiger partial charge in [-0.3, -0.25) is 0 Å². The van der Waals surface area contributed by atoms with Crippen LogP contribution in [0, 0.1) is 5.92 Å². The molecule has 0 bridgehead atoms. The third kappa shape index (κ3) is 5.06. The lowest BCUT2D eigenvalue weighted by Crippen LogP contribution is -2.33. The van der Waals surface area contributed by atoms with Gasteiger partial charge in [0.1, 0.15) is 4.60 Å². The first kappa shape index (κ1) is 18.5. The minimum absolute atomic E-state index is 0.122. The number of fused-ring (bicyclic) bond motifs is 1. The van der Waals surface area contributed by atoms with Gasteiger partial charge in [-0.1, -0.05) is 0 Å². The lowest BCUT2D eigenvalue weighted by Gasteiger charge is -2.30. The van der Waals surface area contributed by atoms with E-state index < -0.39 is 12.1 Å². The van der Waals surface area contributed by atoms with E-state index in [0.29, 0.717) is 23.2 Å². The second-order valence-electron chi connectivity index (χ2n) is 5.15. The third-order valence-corrected chi connectivity index (χ3v) is 3.66. The molecule has 0 spiro atoms. The molecule has 1 fully saturated rings. The van der Waals surface area contributed by atoms with Crippen molar-refractivity contribution in [1.82, 2.24) is 9.97 Å². The van der Waals surface area contributed by atoms with E-state index in [4.69, 9.17) is 14.3 Å². The number of carboxylic acids is 1. The van der Waals surface area contributed by atoms with E-state index in [-0.39, 0.29) is 6.10 Å². The average molecular weight is 412 g/mol. The second kappa shape index (κ2) is 7.34. The van der Waals surface area contributed by atoms with E-state index in [1.54, 1.807) is 0 Å². The summed E-state index contributed by atoms with van der Waals surface area (Å²) in [6.45, 7) is 0.783. The van der Waals surface area contributed by atoms with E-state index in [9.17, 15) is 18.3 Å². The van der Waals surface area contributed by atoms with E-state index >= 15 is 0 Å². The van der Waals surface area contributed by atoms with Crippen LogP contribution in [0.3, 0.4) is 0 Å². The van der Waals surface area contributed by atoms with Crippen LogP contribution in [0.4, 0.5) is 19.2 Å². The van der Waals surface area contributed by atoms with E-state index in [1.165, 1.54) is 0 Å². The standard InChI is InChI=1S/C11H12BrN3O2.C2HF3O2/c12-9-2-1-8-10(14-9)15-11(17-8)13-5-6-3-7(16)4-6;3-2(4,5)1(6)7/h1-2,6-7,16H,3-5H2,(H,13,14,15);(H,6,7). The summed E-state index contributed by atoms with van der Waals surface area (Å²) in [6.07, 6.45) is -3.49. The molecule has 0 aromatic carbocycles. The minimum atomic E-state index is -5.08. The highest BCUT2D eigenvalue weighted by Gasteiger charge is 2.38. The van der Waals surface area contributed by atoms with Crippen molar-refractivity contribution in [2.45, 2.75) is 25.1 Å². The zero-order valence-electron chi connectivity index (χ0n) is 12.0. The number of rotatable bonds is 3. The Hall–Kier alpha value is -1.88. The van der Waals surface area contributed by atoms with Crippen molar-refractivity contribution < 1.29 is 32.6 Å². The Kier molecular flexibility index (Phi) is 5.65. The number of anilines is 1. The summed E-state index contributed by atoms with van der Waals surface area (Å²) in [7, 11) is 0. The molecule has 7 nitrogen and oxygen atoms in total. The number of aliphatic carboxylic acids is 1. The predicted molar refractivity (Wildman–Crippen MR) is 80.4 cm³/mol. The van der Waals surface area contributed by atoms with Gasteiger partial charge >= 0.3 is 12.1 Å². The molecule has 2 aromatic heterocycles. The van der Waals surface area contributed by atoms with Crippen LogP contribution in [-0.2, 0) is 4.79 Å². The molecule has 3 N–H and O–H groups in total. The first-order valence-electron chi connectivity index (χ1n) is 6.80. The maximum atomic E-state index is 10.6. The van der Waals surface area contributed by atoms with Crippen molar-refractivity contribution in [2.24, 2.45) is 5.92 Å². The number of halogens is 4. The maximum absolute atomic E-state index is 10.6. The Labute approximate surface area is 142 Å². The molecule has 0 saturated heterocycles. The number of carboxylic acid groups (broad SMARTS) is 1. The minimum Gasteiger partial charge on any atom is -0.475 e. The molecule has 1 aliphatic carbocycles. The van der Waals surface area contributed by atoms with Crippen molar-refractivity contribution in [3.63, 3.8) is 0 Å². The van der Waals surface area contributed by atoms with Gasteiger partial charge < -0.3 is 19.9 Å². The molecule has 0 aliphatic heterocycles. The Bertz CT molecular complexity index is 716. The highest BCUT2D eigenvalue weighted by molar-refractivity contribution is 9.10. The fourth-order valence-corrected chi connectivity index (χ4v) is 2.27. The van der Waals surface area contributed by atoms with Crippen molar-refractivity contribution in [3.8, 4) is 0 Å². The molecule has 2 heterocycles. The number of hydrogen-bond acceptors (Lipinski definition) is 6. The molecule has 1 aliphatic rings. The van der Waals surface area contributed by atoms with Gasteiger partial charge in [-0.25, -0.2) is 9.78 Å². The first-order valence-corrected chi connectivity index (χ1v) is 7.59. The number of nitrogens with zero attached hydrogens (tertiary/aromatic N) is 2. The first-order chi connectivity index (χ1) is 11.1. The largest absolute Gasteiger partial charge is 0.490 e. The van der Waals surface area contributed by atoms with Crippen LogP contribution >= 0.6 is 15.9 Å². The molecule has 0 unspecified atom stereocenters. The van der Waals surface area contributed by atoms with Crippen molar-refractivity contribution >= 4 is 39.1 Å². The molecule has 24 heavy (non-hydrogen) atoms. The summed E-state index contributed by atoms with van der Waals surface area (Å²) < 4.78 is 38.0. The number of nitrogens with one attached hydrogen (secondary N) is 1. The molecule has 0 atom stereocenters. The molecule has 0 radical (unpaired) electrons. The summed E-state index contributed by atoms with van der Waals surface area (Å²) in [4.78, 5) is 17.3.